The van der Waals surface area contributed by atoms with Gasteiger partial charge >= 0.3 is 0 Å². The van der Waals surface area contributed by atoms with Crippen LogP contribution in [0.15, 0.2) is 30.3 Å². The Kier molecular flexibility index (Phi) is 7.91. The van der Waals surface area contributed by atoms with Crippen molar-refractivity contribution in [3.63, 3.8) is 0 Å². The number of amides is 1. The van der Waals surface area contributed by atoms with E-state index in [-0.39, 0.29) is 23.8 Å². The van der Waals surface area contributed by atoms with Gasteiger partial charge in [-0.3, -0.25) is 4.79 Å². The average molecular weight is 462 g/mol. The highest BCUT2D eigenvalue weighted by atomic mass is 32.1. The van der Waals surface area contributed by atoms with E-state index in [1.54, 1.807) is 24.5 Å². The Labute approximate surface area is 193 Å². The molecule has 0 spiro atoms. The zero-order valence-electron chi connectivity index (χ0n) is 18.7. The van der Waals surface area contributed by atoms with Crippen molar-refractivity contribution in [3.8, 4) is 10.4 Å². The minimum atomic E-state index is -0.433. The van der Waals surface area contributed by atoms with Gasteiger partial charge in [0.2, 0.25) is 0 Å². The van der Waals surface area contributed by atoms with Gasteiger partial charge in [-0.15, -0.1) is 11.3 Å². The molecule has 2 N–H and O–H groups in total. The van der Waals surface area contributed by atoms with Crippen LogP contribution in [0.4, 0.5) is 4.39 Å². The summed E-state index contributed by atoms with van der Waals surface area (Å²) in [5, 5.41) is 3.26. The number of morpholine rings is 1. The Morgan fingerprint density at radius 2 is 2.22 bits per heavy atom. The minimum absolute atomic E-state index is 0.0545. The van der Waals surface area contributed by atoms with Crippen LogP contribution in [-0.4, -0.2) is 56.3 Å². The number of carbonyl (C=O) groups is 1. The van der Waals surface area contributed by atoms with Crippen molar-refractivity contribution < 1.29 is 18.8 Å². The van der Waals surface area contributed by atoms with Gasteiger partial charge in [0.15, 0.2) is 0 Å². The van der Waals surface area contributed by atoms with Crippen molar-refractivity contribution in [2.75, 3.05) is 33.4 Å². The van der Waals surface area contributed by atoms with Crippen LogP contribution >= 0.6 is 11.3 Å². The van der Waals surface area contributed by atoms with Crippen molar-refractivity contribution >= 4 is 17.2 Å². The third kappa shape index (κ3) is 5.38. The van der Waals surface area contributed by atoms with E-state index < -0.39 is 6.10 Å². The molecule has 0 bridgehead atoms. The lowest BCUT2D eigenvalue weighted by atomic mass is 10.0. The first kappa shape index (κ1) is 23.3. The normalized spacial score (nSPS) is 19.7. The number of ether oxygens (including phenoxy) is 1. The predicted molar refractivity (Wildman–Crippen MR) is 124 cm³/mol. The molecule has 4 rings (SSSR count). The summed E-state index contributed by atoms with van der Waals surface area (Å²) in [6.45, 7) is 4.68. The fraction of sp³-hybridized carbons (Fsp3) is 0.542. The second-order valence-electron chi connectivity index (χ2n) is 8.40. The van der Waals surface area contributed by atoms with Crippen molar-refractivity contribution in [1.29, 1.82) is 0 Å². The Morgan fingerprint density at radius 3 is 2.91 bits per heavy atom. The summed E-state index contributed by atoms with van der Waals surface area (Å²) in [7, 11) is 1.60. The first-order valence-corrected chi connectivity index (χ1v) is 12.2. The van der Waals surface area contributed by atoms with Crippen LogP contribution in [0.1, 0.15) is 42.7 Å². The number of hydroxylamine groups is 1. The van der Waals surface area contributed by atoms with Crippen LogP contribution in [0.5, 0.6) is 0 Å². The number of rotatable bonds is 10. The van der Waals surface area contributed by atoms with E-state index in [0.717, 1.165) is 47.5 Å². The van der Waals surface area contributed by atoms with E-state index in [2.05, 4.69) is 23.8 Å². The highest BCUT2D eigenvalue weighted by Crippen LogP contribution is 2.42. The summed E-state index contributed by atoms with van der Waals surface area (Å²) in [5.41, 5.74) is 4.60. The summed E-state index contributed by atoms with van der Waals surface area (Å²) < 4.78 is 20.4. The molecule has 2 aliphatic rings. The maximum absolute atomic E-state index is 14.7. The fourth-order valence-corrected chi connectivity index (χ4v) is 5.52. The molecule has 2 aromatic rings. The van der Waals surface area contributed by atoms with Crippen LogP contribution in [0, 0.1) is 5.82 Å². The number of nitrogens with one attached hydrogen (secondary N) is 2. The SMILES string of the molecule is CONCCCc1cc([C@@H](C)N(C(=O)[C@H]2CNCCO2)C2CC2)sc1-c1ccccc1F. The van der Waals surface area contributed by atoms with Gasteiger partial charge in [-0.1, -0.05) is 18.2 Å². The van der Waals surface area contributed by atoms with Gasteiger partial charge in [0.25, 0.3) is 5.91 Å². The van der Waals surface area contributed by atoms with Crippen molar-refractivity contribution in [2.24, 2.45) is 0 Å². The second kappa shape index (κ2) is 10.9. The first-order chi connectivity index (χ1) is 15.6. The molecule has 8 heteroatoms. The number of nitrogens with zero attached hydrogens (tertiary/aromatic N) is 1. The Morgan fingerprint density at radius 1 is 1.41 bits per heavy atom. The molecular formula is C24H32FN3O3S. The molecule has 1 aromatic carbocycles. The maximum Gasteiger partial charge on any atom is 0.253 e. The summed E-state index contributed by atoms with van der Waals surface area (Å²) in [4.78, 5) is 22.3. The van der Waals surface area contributed by atoms with Crippen LogP contribution < -0.4 is 10.8 Å². The fourth-order valence-electron chi connectivity index (χ4n) is 4.24. The molecule has 2 atom stereocenters. The summed E-state index contributed by atoms with van der Waals surface area (Å²) in [5.74, 6) is -0.166. The Bertz CT molecular complexity index is 912. The Hall–Kier alpha value is -1.84. The molecule has 1 saturated heterocycles. The number of hydrogen-bond acceptors (Lipinski definition) is 6. The molecule has 2 heterocycles. The van der Waals surface area contributed by atoms with Gasteiger partial charge in [-0.05, 0) is 50.3 Å². The van der Waals surface area contributed by atoms with Gasteiger partial charge < -0.3 is 19.8 Å². The van der Waals surface area contributed by atoms with Crippen molar-refractivity contribution in [3.05, 3.63) is 46.6 Å². The molecule has 1 aromatic heterocycles. The molecule has 6 nitrogen and oxygen atoms in total. The van der Waals surface area contributed by atoms with Gasteiger partial charge in [-0.2, -0.15) is 0 Å². The van der Waals surface area contributed by atoms with E-state index in [1.807, 2.05) is 17.0 Å². The lowest BCUT2D eigenvalue weighted by Gasteiger charge is -2.33. The number of benzene rings is 1. The molecule has 174 valence electrons. The first-order valence-electron chi connectivity index (χ1n) is 11.4. The molecule has 1 amide bonds. The van der Waals surface area contributed by atoms with Crippen LogP contribution in [0.25, 0.3) is 10.4 Å². The molecular weight excluding hydrogens is 429 g/mol. The number of carbonyl (C=O) groups excluding carboxylic acids is 1. The third-order valence-electron chi connectivity index (χ3n) is 6.04. The predicted octanol–water partition coefficient (Wildman–Crippen LogP) is 3.68. The molecule has 1 aliphatic heterocycles. The lowest BCUT2D eigenvalue weighted by Crippen LogP contribution is -2.50. The van der Waals surface area contributed by atoms with E-state index >= 15 is 0 Å². The highest BCUT2D eigenvalue weighted by molar-refractivity contribution is 7.15. The maximum atomic E-state index is 14.7. The van der Waals surface area contributed by atoms with E-state index in [0.29, 0.717) is 25.3 Å². The quantitative estimate of drug-likeness (QED) is 0.418. The molecule has 2 fully saturated rings. The molecule has 1 aliphatic carbocycles. The Balaban J connectivity index is 1.61. The van der Waals surface area contributed by atoms with E-state index in [9.17, 15) is 9.18 Å². The number of hydrogen-bond donors (Lipinski definition) is 2. The number of halogens is 1. The molecule has 1 saturated carbocycles. The van der Waals surface area contributed by atoms with Crippen LogP contribution in [-0.2, 0) is 20.8 Å². The molecule has 0 unspecified atom stereocenters. The zero-order chi connectivity index (χ0) is 22.5. The van der Waals surface area contributed by atoms with Gasteiger partial charge in [0, 0.05) is 41.0 Å². The van der Waals surface area contributed by atoms with Gasteiger partial charge in [0.05, 0.1) is 19.8 Å². The minimum Gasteiger partial charge on any atom is -0.366 e. The largest absolute Gasteiger partial charge is 0.366 e. The zero-order valence-corrected chi connectivity index (χ0v) is 19.6. The summed E-state index contributed by atoms with van der Waals surface area (Å²) in [6, 6.07) is 9.25. The van der Waals surface area contributed by atoms with Crippen LogP contribution in [0.3, 0.4) is 0 Å². The second-order valence-corrected chi connectivity index (χ2v) is 9.48. The lowest BCUT2D eigenvalue weighted by molar-refractivity contribution is -0.148. The topological polar surface area (TPSA) is 62.8 Å². The van der Waals surface area contributed by atoms with E-state index in [1.165, 1.54) is 6.07 Å². The van der Waals surface area contributed by atoms with Crippen LogP contribution in [0.2, 0.25) is 0 Å². The highest BCUT2D eigenvalue weighted by Gasteiger charge is 2.40. The molecule has 0 radical (unpaired) electrons. The van der Waals surface area contributed by atoms with Crippen molar-refractivity contribution in [2.45, 2.75) is 50.8 Å². The van der Waals surface area contributed by atoms with Gasteiger partial charge in [0.1, 0.15) is 11.9 Å². The smallest absolute Gasteiger partial charge is 0.253 e. The number of aryl methyl sites for hydroxylation is 1. The standard InChI is InChI=1S/C24H32FN3O3S/c1-16(28(18-9-10-18)24(29)21-15-26-12-13-31-21)22-14-17(6-5-11-27-30-2)23(32-22)19-7-3-4-8-20(19)25/h3-4,7-8,14,16,18,21,26-27H,5-6,9-13,15H2,1-2H3/t16-,21-/m1/s1. The summed E-state index contributed by atoms with van der Waals surface area (Å²) in [6.07, 6.45) is 3.29. The monoisotopic (exact) mass is 461 g/mol. The average Bonchev–Trinajstić information content (AvgIpc) is 3.56. The number of thiophene rings is 1. The van der Waals surface area contributed by atoms with Crippen molar-refractivity contribution in [1.82, 2.24) is 15.7 Å². The molecule has 32 heavy (non-hydrogen) atoms. The summed E-state index contributed by atoms with van der Waals surface area (Å²) >= 11 is 1.59. The third-order valence-corrected chi connectivity index (χ3v) is 7.42. The van der Waals surface area contributed by atoms with E-state index in [4.69, 9.17) is 9.57 Å². The van der Waals surface area contributed by atoms with Gasteiger partial charge in [-0.25, -0.2) is 9.87 Å².